The first kappa shape index (κ1) is 11.3. The predicted octanol–water partition coefficient (Wildman–Crippen LogP) is 1.86. The van der Waals surface area contributed by atoms with Gasteiger partial charge in [0.25, 0.3) is 0 Å². The Hall–Kier alpha value is -0.740. The number of rotatable bonds is 5. The Morgan fingerprint density at radius 3 is 2.57 bits per heavy atom. The largest absolute Gasteiger partial charge is 0.284 e. The summed E-state index contributed by atoms with van der Waals surface area (Å²) < 4.78 is 25.2. The van der Waals surface area contributed by atoms with Crippen molar-refractivity contribution in [2.45, 2.75) is 6.42 Å². The Bertz CT molecular complexity index is 364. The van der Waals surface area contributed by atoms with Gasteiger partial charge < -0.3 is 0 Å². The molecule has 0 aromatic heterocycles. The molecule has 0 aliphatic carbocycles. The van der Waals surface area contributed by atoms with Crippen LogP contribution in [-0.2, 0) is 10.0 Å². The van der Waals surface area contributed by atoms with E-state index in [0.717, 1.165) is 0 Å². The van der Waals surface area contributed by atoms with Crippen LogP contribution in [0.5, 0.6) is 0 Å². The fourth-order valence-corrected chi connectivity index (χ4v) is 2.34. The van der Waals surface area contributed by atoms with Gasteiger partial charge in [0.1, 0.15) is 0 Å². The molecule has 0 aliphatic rings. The summed E-state index contributed by atoms with van der Waals surface area (Å²) in [5, 5.41) is 0. The van der Waals surface area contributed by atoms with Crippen molar-refractivity contribution < 1.29 is 8.42 Å². The van der Waals surface area contributed by atoms with Crippen LogP contribution in [0.25, 0.3) is 0 Å². The molecule has 1 aromatic carbocycles. The van der Waals surface area contributed by atoms with E-state index in [0.29, 0.717) is 18.0 Å². The Balaban J connectivity index is 2.60. The van der Waals surface area contributed by atoms with Crippen molar-refractivity contribution in [3.05, 3.63) is 30.3 Å². The van der Waals surface area contributed by atoms with Crippen LogP contribution in [0.1, 0.15) is 6.42 Å². The molecule has 0 bridgehead atoms. The van der Waals surface area contributed by atoms with Crippen LogP contribution < -0.4 is 4.72 Å². The van der Waals surface area contributed by atoms with Crippen molar-refractivity contribution in [1.29, 1.82) is 0 Å². The fourth-order valence-electron chi connectivity index (χ4n) is 0.930. The molecule has 1 rings (SSSR count). The third kappa shape index (κ3) is 3.98. The van der Waals surface area contributed by atoms with E-state index in [1.54, 1.807) is 24.3 Å². The maximum Gasteiger partial charge on any atom is 0.232 e. The molecular weight excluding hydrogens is 222 g/mol. The second-order valence-corrected chi connectivity index (χ2v) is 4.97. The van der Waals surface area contributed by atoms with Gasteiger partial charge >= 0.3 is 0 Å². The summed E-state index contributed by atoms with van der Waals surface area (Å²) in [6.07, 6.45) is 0.454. The van der Waals surface area contributed by atoms with E-state index < -0.39 is 10.0 Å². The van der Waals surface area contributed by atoms with Crippen molar-refractivity contribution in [1.82, 2.24) is 0 Å². The predicted molar refractivity (Wildman–Crippen MR) is 58.0 cm³/mol. The number of benzene rings is 1. The zero-order valence-electron chi connectivity index (χ0n) is 7.53. The van der Waals surface area contributed by atoms with Gasteiger partial charge in [0.05, 0.1) is 5.75 Å². The molecular formula is C9H11ClNO2S. The van der Waals surface area contributed by atoms with Gasteiger partial charge in [-0.2, -0.15) is 0 Å². The van der Waals surface area contributed by atoms with Crippen molar-refractivity contribution >= 4 is 27.3 Å². The van der Waals surface area contributed by atoms with E-state index in [9.17, 15) is 8.42 Å². The van der Waals surface area contributed by atoms with Crippen LogP contribution in [0.4, 0.5) is 5.69 Å². The Kier molecular flexibility index (Phi) is 4.22. The molecule has 0 aliphatic heterocycles. The minimum absolute atomic E-state index is 0.0507. The third-order valence-corrected chi connectivity index (χ3v) is 3.18. The monoisotopic (exact) mass is 232 g/mol. The van der Waals surface area contributed by atoms with Crippen LogP contribution in [0, 0.1) is 6.07 Å². The normalized spacial score (nSPS) is 11.2. The Morgan fingerprint density at radius 2 is 2.00 bits per heavy atom. The first-order valence-corrected chi connectivity index (χ1v) is 6.35. The van der Waals surface area contributed by atoms with Crippen molar-refractivity contribution in [2.75, 3.05) is 16.4 Å². The standard InChI is InChI=1S/C9H11ClNO2S/c10-7-4-8-14(12,13)11-9-5-2-1-3-6-9/h2-3,5-6,11H,4,7-8H2. The molecule has 0 fully saturated rings. The summed E-state index contributed by atoms with van der Waals surface area (Å²) in [6.45, 7) is 0. The fraction of sp³-hybridized carbons (Fsp3) is 0.333. The van der Waals surface area contributed by atoms with Crippen LogP contribution in [0.15, 0.2) is 24.3 Å². The maximum absolute atomic E-state index is 11.4. The summed E-state index contributed by atoms with van der Waals surface area (Å²) in [4.78, 5) is 0. The topological polar surface area (TPSA) is 46.2 Å². The average Bonchev–Trinajstić information content (AvgIpc) is 2.16. The minimum Gasteiger partial charge on any atom is -0.284 e. The van der Waals surface area contributed by atoms with E-state index in [4.69, 9.17) is 11.6 Å². The molecule has 0 saturated carbocycles. The number of sulfonamides is 1. The highest BCUT2D eigenvalue weighted by molar-refractivity contribution is 7.92. The molecule has 1 radical (unpaired) electrons. The molecule has 1 aromatic rings. The lowest BCUT2D eigenvalue weighted by atomic mass is 10.3. The van der Waals surface area contributed by atoms with Crippen LogP contribution in [0.2, 0.25) is 0 Å². The molecule has 0 amide bonds. The van der Waals surface area contributed by atoms with Gasteiger partial charge in [-0.15, -0.1) is 11.6 Å². The number of hydrogen-bond acceptors (Lipinski definition) is 2. The second kappa shape index (κ2) is 5.22. The van der Waals surface area contributed by atoms with E-state index in [1.165, 1.54) is 0 Å². The van der Waals surface area contributed by atoms with E-state index in [2.05, 4.69) is 10.8 Å². The lowest BCUT2D eigenvalue weighted by Crippen LogP contribution is -2.16. The first-order valence-electron chi connectivity index (χ1n) is 4.16. The smallest absolute Gasteiger partial charge is 0.232 e. The number of nitrogens with one attached hydrogen (secondary N) is 1. The molecule has 0 atom stereocenters. The number of alkyl halides is 1. The van der Waals surface area contributed by atoms with Crippen LogP contribution >= 0.6 is 11.6 Å². The third-order valence-electron chi connectivity index (χ3n) is 1.54. The zero-order valence-corrected chi connectivity index (χ0v) is 9.11. The quantitative estimate of drug-likeness (QED) is 0.788. The summed E-state index contributed by atoms with van der Waals surface area (Å²) >= 11 is 5.41. The highest BCUT2D eigenvalue weighted by Crippen LogP contribution is 2.08. The van der Waals surface area contributed by atoms with Gasteiger partial charge in [0, 0.05) is 11.6 Å². The van der Waals surface area contributed by atoms with Gasteiger partial charge in [0.2, 0.25) is 10.0 Å². The van der Waals surface area contributed by atoms with Crippen LogP contribution in [-0.4, -0.2) is 20.1 Å². The molecule has 0 heterocycles. The Labute approximate surface area is 89.1 Å². The zero-order chi connectivity index (χ0) is 10.4. The average molecular weight is 233 g/mol. The number of hydrogen-bond donors (Lipinski definition) is 1. The Morgan fingerprint density at radius 1 is 1.36 bits per heavy atom. The maximum atomic E-state index is 11.4. The molecule has 1 N–H and O–H groups in total. The van der Waals surface area contributed by atoms with Gasteiger partial charge in [0.15, 0.2) is 0 Å². The second-order valence-electron chi connectivity index (χ2n) is 2.75. The summed E-state index contributed by atoms with van der Waals surface area (Å²) in [6, 6.07) is 9.41. The molecule has 0 unspecified atom stereocenters. The highest BCUT2D eigenvalue weighted by atomic mass is 35.5. The number of anilines is 1. The van der Waals surface area contributed by atoms with E-state index >= 15 is 0 Å². The lowest BCUT2D eigenvalue weighted by molar-refractivity contribution is 0.600. The molecule has 5 heteroatoms. The number of halogens is 1. The van der Waals surface area contributed by atoms with Gasteiger partial charge in [-0.3, -0.25) is 4.72 Å². The summed E-state index contributed by atoms with van der Waals surface area (Å²) in [5.41, 5.74) is 0.554. The summed E-state index contributed by atoms with van der Waals surface area (Å²) in [5.74, 6) is 0.401. The first-order chi connectivity index (χ1) is 6.64. The van der Waals surface area contributed by atoms with Gasteiger partial charge in [-0.1, -0.05) is 12.1 Å². The van der Waals surface area contributed by atoms with Gasteiger partial charge in [-0.05, 0) is 24.6 Å². The minimum atomic E-state index is -3.25. The SMILES string of the molecule is O=S(=O)(CCCCl)Nc1cc[c]cc1. The van der Waals surface area contributed by atoms with Crippen LogP contribution in [0.3, 0.4) is 0 Å². The molecule has 3 nitrogen and oxygen atoms in total. The molecule has 14 heavy (non-hydrogen) atoms. The van der Waals surface area contributed by atoms with Crippen molar-refractivity contribution in [3.63, 3.8) is 0 Å². The van der Waals surface area contributed by atoms with Crippen molar-refractivity contribution in [2.24, 2.45) is 0 Å². The highest BCUT2D eigenvalue weighted by Gasteiger charge is 2.08. The van der Waals surface area contributed by atoms with Crippen molar-refractivity contribution in [3.8, 4) is 0 Å². The lowest BCUT2D eigenvalue weighted by Gasteiger charge is -2.06. The molecule has 0 spiro atoms. The molecule has 77 valence electrons. The van der Waals surface area contributed by atoms with E-state index in [1.807, 2.05) is 0 Å². The van der Waals surface area contributed by atoms with Gasteiger partial charge in [-0.25, -0.2) is 8.42 Å². The summed E-state index contributed by atoms with van der Waals surface area (Å²) in [7, 11) is -3.25. The van der Waals surface area contributed by atoms with E-state index in [-0.39, 0.29) is 5.75 Å². The molecule has 0 saturated heterocycles.